The molecule has 4 aliphatic heterocycles. The second-order valence-corrected chi connectivity index (χ2v) is 20.6. The van der Waals surface area contributed by atoms with Crippen LogP contribution >= 0.6 is 0 Å². The van der Waals surface area contributed by atoms with Crippen molar-refractivity contribution in [3.8, 4) is 22.8 Å². The van der Waals surface area contributed by atoms with Crippen molar-refractivity contribution in [1.82, 2.24) is 24.4 Å². The number of nitrogens with zero attached hydrogens (tertiary/aromatic N) is 4. The minimum absolute atomic E-state index is 0.0205. The smallest absolute Gasteiger partial charge is 0.343 e. The van der Waals surface area contributed by atoms with Gasteiger partial charge in [-0.1, -0.05) is 27.7 Å². The quantitative estimate of drug-likeness (QED) is 0.0996. The van der Waals surface area contributed by atoms with Crippen molar-refractivity contribution in [2.75, 3.05) is 7.15 Å². The van der Waals surface area contributed by atoms with Crippen LogP contribution in [0.3, 0.4) is 0 Å². The number of cyclic esters (lactones) is 2. The molecule has 6 atom stereocenters. The van der Waals surface area contributed by atoms with Gasteiger partial charge in [0, 0.05) is 51.2 Å². The van der Waals surface area contributed by atoms with E-state index in [1.165, 1.54) is 16.7 Å². The number of hydrogen-bond acceptors (Lipinski definition) is 15. The van der Waals surface area contributed by atoms with Crippen LogP contribution in [-0.2, 0) is 79.0 Å². The molecule has 8 N–H and O–H groups in total. The van der Waals surface area contributed by atoms with Crippen LogP contribution in [0.15, 0.2) is 33.9 Å². The summed E-state index contributed by atoms with van der Waals surface area (Å²) in [6, 6.07) is 5.34. The van der Waals surface area contributed by atoms with Crippen molar-refractivity contribution in [1.29, 1.82) is 0 Å². The van der Waals surface area contributed by atoms with E-state index >= 15 is 0 Å². The van der Waals surface area contributed by atoms with Crippen molar-refractivity contribution in [2.24, 2.45) is 5.73 Å². The molecule has 0 fully saturated rings. The number of pyridine rings is 4. The molecule has 22 heteroatoms. The van der Waals surface area contributed by atoms with Crippen molar-refractivity contribution in [3.63, 3.8) is 0 Å². The molecule has 4 aromatic heterocycles. The van der Waals surface area contributed by atoms with Crippen LogP contribution < -0.4 is 22.2 Å². The molecule has 418 valence electrons. The summed E-state index contributed by atoms with van der Waals surface area (Å²) in [6.45, 7) is 10.1. The number of aliphatic hydroxyl groups excluding tert-OH is 2. The number of carboxylic acids is 1. The Balaban J connectivity index is 0.000000167. The first-order valence-electron chi connectivity index (χ1n) is 26.8. The van der Waals surface area contributed by atoms with Gasteiger partial charge in [-0.25, -0.2) is 33.1 Å². The zero-order valence-electron chi connectivity index (χ0n) is 45.3. The van der Waals surface area contributed by atoms with Gasteiger partial charge < -0.3 is 55.2 Å². The molecule has 6 aromatic rings. The van der Waals surface area contributed by atoms with Gasteiger partial charge in [0.2, 0.25) is 5.91 Å². The minimum atomic E-state index is -1.96. The molecule has 0 unspecified atom stereocenters. The van der Waals surface area contributed by atoms with Gasteiger partial charge in [-0.05, 0) is 111 Å². The summed E-state index contributed by atoms with van der Waals surface area (Å²) in [5.41, 5.74) is 11.8. The number of nitrogens with two attached hydrogens (primary N) is 1. The Labute approximate surface area is 451 Å². The number of carbonyl (C=O) groups is 4. The van der Waals surface area contributed by atoms with Crippen LogP contribution in [0.5, 0.6) is 0 Å². The number of aromatic nitrogens is 4. The standard InChI is InChI=1S/C28H28FN3O6.C24H22FN3O4.C4H8O3.CH3F/c1-4-21(33)25(34)31-18-7-6-13-12(3)17(29)9-19-22(13)23(18)14-10-32-20(24(14)30-19)8-16-15(26(32)35)11-38-27(36)28(16,37)5-2;1-3-24(31)14-6-18-21-12(8-28(18)22(29)13(14)9-32-23(24)30)19-16(26)5-4-11-10(2)15(25)7-17(27-21)20(11)19;1-2-3(5)4(6)7;1-2/h8-9,18,21,33,37H,4-7,10-11H2,1-3H3,(H,31,34);6-7,16,31H,3-5,8-9,26H2,1-2H3;3,5H,2H2,1H3,(H,6,7);1H3/t18-,21-,28-;16-,24-;3-;/m000./s1/i;;;1D. The number of amides is 1. The zero-order chi connectivity index (χ0) is 58.2. The number of alkyl halides is 1. The van der Waals surface area contributed by atoms with E-state index in [4.69, 9.17) is 36.8 Å². The van der Waals surface area contributed by atoms with E-state index in [-0.39, 0.29) is 91.7 Å². The molecule has 0 spiro atoms. The fourth-order valence-corrected chi connectivity index (χ4v) is 11.9. The Hall–Kier alpha value is -7.37. The third-order valence-electron chi connectivity index (χ3n) is 16.5. The molecular weight excluding hydrogens is 1030 g/mol. The third kappa shape index (κ3) is 8.78. The number of carbonyl (C=O) groups excluding carboxylic acids is 3. The van der Waals surface area contributed by atoms with E-state index in [0.717, 1.165) is 38.6 Å². The Bertz CT molecular complexity index is 3760. The van der Waals surface area contributed by atoms with Gasteiger partial charge in [0.05, 0.1) is 72.6 Å². The lowest BCUT2D eigenvalue weighted by Crippen LogP contribution is -2.44. The van der Waals surface area contributed by atoms with Crippen molar-refractivity contribution < 1.29 is 68.7 Å². The van der Waals surface area contributed by atoms with Crippen LogP contribution in [-0.4, -0.2) is 87.8 Å². The van der Waals surface area contributed by atoms with E-state index in [9.17, 15) is 57.3 Å². The third-order valence-corrected chi connectivity index (χ3v) is 16.5. The fourth-order valence-electron chi connectivity index (χ4n) is 11.9. The summed E-state index contributed by atoms with van der Waals surface area (Å²) in [5.74, 6) is -3.92. The number of ether oxygens (including phenoxy) is 2. The summed E-state index contributed by atoms with van der Waals surface area (Å²) in [5, 5.41) is 53.2. The maximum Gasteiger partial charge on any atom is 0.343 e. The van der Waals surface area contributed by atoms with Crippen LogP contribution in [0.25, 0.3) is 44.6 Å². The first-order valence-corrected chi connectivity index (χ1v) is 26.1. The lowest BCUT2D eigenvalue weighted by molar-refractivity contribution is -0.172. The Kier molecular flexibility index (Phi) is 14.6. The summed E-state index contributed by atoms with van der Waals surface area (Å²) >= 11 is 0. The predicted octanol–water partition coefficient (Wildman–Crippen LogP) is 5.30. The molecular formula is C57H61F3N6O13. The number of esters is 2. The number of aliphatic hydroxyl groups is 4. The lowest BCUT2D eigenvalue weighted by atomic mass is 9.81. The largest absolute Gasteiger partial charge is 0.479 e. The molecule has 12 rings (SSSR count). The number of rotatable bonds is 7. The highest BCUT2D eigenvalue weighted by Gasteiger charge is 2.48. The molecule has 0 saturated heterocycles. The van der Waals surface area contributed by atoms with Gasteiger partial charge in [0.15, 0.2) is 17.3 Å². The Morgan fingerprint density at radius 2 is 1.16 bits per heavy atom. The molecule has 0 radical (unpaired) electrons. The molecule has 79 heavy (non-hydrogen) atoms. The van der Waals surface area contributed by atoms with Crippen LogP contribution in [0, 0.1) is 25.5 Å². The number of benzene rings is 2. The van der Waals surface area contributed by atoms with Crippen LogP contribution in [0.4, 0.5) is 13.2 Å². The summed E-state index contributed by atoms with van der Waals surface area (Å²) in [7, 11) is -1.00. The van der Waals surface area contributed by atoms with Crippen molar-refractivity contribution in [2.45, 2.75) is 155 Å². The highest BCUT2D eigenvalue weighted by Crippen LogP contribution is 2.48. The molecule has 1 amide bonds. The first-order chi connectivity index (χ1) is 38.0. The maximum atomic E-state index is 15.0. The monoisotopic (exact) mass is 1100 g/mol. The molecule has 2 aliphatic carbocycles. The number of hydrogen-bond donors (Lipinski definition) is 7. The second-order valence-electron chi connectivity index (χ2n) is 20.6. The maximum absolute atomic E-state index is 15.0. The second kappa shape index (κ2) is 21.0. The van der Waals surface area contributed by atoms with Gasteiger partial charge in [-0.3, -0.25) is 18.8 Å². The molecule has 6 aliphatic rings. The van der Waals surface area contributed by atoms with Gasteiger partial charge in [-0.2, -0.15) is 0 Å². The Morgan fingerprint density at radius 3 is 1.58 bits per heavy atom. The van der Waals surface area contributed by atoms with Gasteiger partial charge in [0.1, 0.15) is 31.0 Å². The summed E-state index contributed by atoms with van der Waals surface area (Å²) in [6.07, 6.45) is 0.659. The number of fused-ring (bicyclic) bond motifs is 10. The van der Waals surface area contributed by atoms with Gasteiger partial charge in [-0.15, -0.1) is 0 Å². The number of nitrogens with one attached hydrogen (secondary N) is 1. The van der Waals surface area contributed by atoms with E-state index in [0.29, 0.717) is 76.2 Å². The van der Waals surface area contributed by atoms with E-state index < -0.39 is 71.8 Å². The Morgan fingerprint density at radius 1 is 0.734 bits per heavy atom. The van der Waals surface area contributed by atoms with E-state index in [1.807, 2.05) is 0 Å². The highest BCUT2D eigenvalue weighted by molar-refractivity contribution is 5.95. The summed E-state index contributed by atoms with van der Waals surface area (Å²) in [4.78, 5) is 83.8. The number of aliphatic carboxylic acids is 1. The zero-order valence-corrected chi connectivity index (χ0v) is 44.3. The average Bonchev–Trinajstić information content (AvgIpc) is 4.07. The van der Waals surface area contributed by atoms with Gasteiger partial charge in [0.25, 0.3) is 11.1 Å². The molecule has 8 heterocycles. The first kappa shape index (κ1) is 55.0. The fraction of sp³-hybridized carbons (Fsp3) is 0.439. The number of aryl methyl sites for hydroxylation is 2. The predicted molar refractivity (Wildman–Crippen MR) is 280 cm³/mol. The SMILES string of the molecule is CC[C@@]1(O)C(=O)OCc2c1cc1n(c2=O)Cc2c-1nc1cc(F)c(C)c3c1c2[C@@H](N)CC3.CC[C@H](O)C(=O)N[C@H]1CCc2c(C)c(F)cc3nc4c(c1c23)Cn1c-4cc2c(c1=O)COC(=O)[C@]2(O)CC.CC[C@H](O)C(=O)O.[2H]CF. The highest BCUT2D eigenvalue weighted by atomic mass is 19.1. The molecule has 2 aromatic carbocycles. The minimum Gasteiger partial charge on any atom is -0.479 e. The average molecular weight is 1100 g/mol. The van der Waals surface area contributed by atoms with Crippen molar-refractivity contribution in [3.05, 3.63) is 123 Å². The lowest BCUT2D eigenvalue weighted by Gasteiger charge is -2.31. The van der Waals surface area contributed by atoms with E-state index in [2.05, 4.69) is 5.32 Å². The molecule has 0 saturated carbocycles. The summed E-state index contributed by atoms with van der Waals surface area (Å²) < 4.78 is 58.5. The van der Waals surface area contributed by atoms with E-state index in [1.54, 1.807) is 58.2 Å². The van der Waals surface area contributed by atoms with Crippen LogP contribution in [0.1, 0.15) is 146 Å². The van der Waals surface area contributed by atoms with Crippen LogP contribution in [0.2, 0.25) is 0 Å². The number of carboxylic acid groups (broad SMARTS) is 1. The van der Waals surface area contributed by atoms with Crippen molar-refractivity contribution >= 4 is 45.6 Å². The topological polar surface area (TPSA) is 296 Å². The normalized spacial score (nSPS) is 21.3. The molecule has 19 nitrogen and oxygen atoms in total. The van der Waals surface area contributed by atoms with Gasteiger partial charge >= 0.3 is 17.9 Å². The molecule has 0 bridgehead atoms. The number of halogens is 3.